The van der Waals surface area contributed by atoms with Gasteiger partial charge in [0.2, 0.25) is 10.0 Å². The zero-order chi connectivity index (χ0) is 15.5. The van der Waals surface area contributed by atoms with Crippen molar-refractivity contribution in [3.63, 3.8) is 0 Å². The van der Waals surface area contributed by atoms with Crippen molar-refractivity contribution in [2.24, 2.45) is 11.7 Å². The summed E-state index contributed by atoms with van der Waals surface area (Å²) >= 11 is 0. The van der Waals surface area contributed by atoms with Crippen molar-refractivity contribution in [3.05, 3.63) is 12.4 Å². The van der Waals surface area contributed by atoms with E-state index in [9.17, 15) is 8.42 Å². The van der Waals surface area contributed by atoms with Crippen molar-refractivity contribution in [2.45, 2.75) is 57.0 Å². The molecule has 6 nitrogen and oxygen atoms in total. The second-order valence-electron chi connectivity index (χ2n) is 6.11. The van der Waals surface area contributed by atoms with Crippen molar-refractivity contribution in [2.75, 3.05) is 13.1 Å². The van der Waals surface area contributed by atoms with Crippen molar-refractivity contribution >= 4 is 10.0 Å². The van der Waals surface area contributed by atoms with Gasteiger partial charge in [-0.25, -0.2) is 8.42 Å². The van der Waals surface area contributed by atoms with Crippen LogP contribution >= 0.6 is 0 Å². The molecule has 0 saturated heterocycles. The molecule has 21 heavy (non-hydrogen) atoms. The van der Waals surface area contributed by atoms with Crippen molar-refractivity contribution < 1.29 is 8.42 Å². The molecular formula is C14H26N4O2S. The largest absolute Gasteiger partial charge is 0.330 e. The number of rotatable bonds is 9. The summed E-state index contributed by atoms with van der Waals surface area (Å²) in [6.45, 7) is 6.05. The van der Waals surface area contributed by atoms with Gasteiger partial charge in [-0.2, -0.15) is 9.40 Å². The third kappa shape index (κ3) is 4.28. The van der Waals surface area contributed by atoms with Gasteiger partial charge in [0.1, 0.15) is 4.90 Å². The number of nitrogens with zero attached hydrogens (tertiary/aromatic N) is 3. The van der Waals surface area contributed by atoms with E-state index >= 15 is 0 Å². The lowest BCUT2D eigenvalue weighted by molar-refractivity contribution is 0.373. The normalized spacial score (nSPS) is 16.0. The lowest BCUT2D eigenvalue weighted by Gasteiger charge is -2.21. The average Bonchev–Trinajstić information content (AvgIpc) is 3.12. The predicted molar refractivity (Wildman–Crippen MR) is 82.3 cm³/mol. The Morgan fingerprint density at radius 3 is 2.76 bits per heavy atom. The molecule has 1 aromatic rings. The topological polar surface area (TPSA) is 81.2 Å². The van der Waals surface area contributed by atoms with Crippen LogP contribution in [0.2, 0.25) is 0 Å². The van der Waals surface area contributed by atoms with E-state index in [-0.39, 0.29) is 6.04 Å². The zero-order valence-corrected chi connectivity index (χ0v) is 13.7. The lowest BCUT2D eigenvalue weighted by Crippen LogP contribution is -2.34. The van der Waals surface area contributed by atoms with E-state index in [2.05, 4.69) is 18.9 Å². The van der Waals surface area contributed by atoms with Crippen LogP contribution < -0.4 is 5.73 Å². The smallest absolute Gasteiger partial charge is 0.246 e. The maximum Gasteiger partial charge on any atom is 0.246 e. The van der Waals surface area contributed by atoms with Crippen LogP contribution in [-0.2, 0) is 16.6 Å². The monoisotopic (exact) mass is 314 g/mol. The van der Waals surface area contributed by atoms with Crippen LogP contribution in [0.5, 0.6) is 0 Å². The van der Waals surface area contributed by atoms with Crippen LogP contribution in [0.4, 0.5) is 0 Å². The molecule has 1 aliphatic rings. The van der Waals surface area contributed by atoms with E-state index in [1.165, 1.54) is 6.20 Å². The highest BCUT2D eigenvalue weighted by Gasteiger charge is 2.38. The molecule has 0 bridgehead atoms. The Bertz CT molecular complexity index is 549. The Labute approximate surface area is 127 Å². The van der Waals surface area contributed by atoms with Crippen LogP contribution in [-0.4, -0.2) is 41.6 Å². The minimum Gasteiger partial charge on any atom is -0.330 e. The van der Waals surface area contributed by atoms with Gasteiger partial charge in [0.25, 0.3) is 0 Å². The van der Waals surface area contributed by atoms with Crippen LogP contribution in [0, 0.1) is 5.92 Å². The maximum atomic E-state index is 12.8. The van der Waals surface area contributed by atoms with Gasteiger partial charge in [0.15, 0.2) is 0 Å². The molecule has 1 fully saturated rings. The summed E-state index contributed by atoms with van der Waals surface area (Å²) in [6, 6.07) is 0.182. The molecule has 0 aliphatic heterocycles. The van der Waals surface area contributed by atoms with E-state index in [1.54, 1.807) is 15.2 Å². The average molecular weight is 314 g/mol. The molecule has 0 amide bonds. The van der Waals surface area contributed by atoms with Crippen LogP contribution in [0.25, 0.3) is 0 Å². The molecule has 0 aromatic carbocycles. The molecule has 0 spiro atoms. The molecule has 1 aliphatic carbocycles. The van der Waals surface area contributed by atoms with Crippen LogP contribution in [0.1, 0.15) is 39.5 Å². The molecule has 1 aromatic heterocycles. The second kappa shape index (κ2) is 6.89. The fourth-order valence-electron chi connectivity index (χ4n) is 2.24. The Morgan fingerprint density at radius 1 is 1.48 bits per heavy atom. The van der Waals surface area contributed by atoms with E-state index in [0.717, 1.165) is 25.7 Å². The Kier molecular flexibility index (Phi) is 5.40. The predicted octanol–water partition coefficient (Wildman–Crippen LogP) is 1.43. The molecule has 2 N–H and O–H groups in total. The second-order valence-corrected chi connectivity index (χ2v) is 8.00. The fraction of sp³-hybridized carbons (Fsp3) is 0.786. The molecular weight excluding hydrogens is 288 g/mol. The van der Waals surface area contributed by atoms with Crippen LogP contribution in [0.15, 0.2) is 17.3 Å². The Hall–Kier alpha value is -0.920. The molecule has 7 heteroatoms. The molecule has 0 radical (unpaired) electrons. The molecule has 1 heterocycles. The van der Waals surface area contributed by atoms with Crippen molar-refractivity contribution in [3.8, 4) is 0 Å². The Balaban J connectivity index is 2.12. The number of hydrogen-bond donors (Lipinski definition) is 1. The highest BCUT2D eigenvalue weighted by molar-refractivity contribution is 7.89. The van der Waals surface area contributed by atoms with E-state index < -0.39 is 10.0 Å². The Morgan fingerprint density at radius 2 is 2.19 bits per heavy atom. The molecule has 120 valence electrons. The summed E-state index contributed by atoms with van der Waals surface area (Å²) in [7, 11) is -3.42. The quantitative estimate of drug-likeness (QED) is 0.747. The molecule has 1 saturated carbocycles. The van der Waals surface area contributed by atoms with Gasteiger partial charge in [-0.15, -0.1) is 0 Å². The third-order valence-corrected chi connectivity index (χ3v) is 5.59. The first-order chi connectivity index (χ1) is 9.95. The summed E-state index contributed by atoms with van der Waals surface area (Å²) in [6.07, 6.45) is 6.70. The van der Waals surface area contributed by atoms with E-state index in [1.807, 2.05) is 0 Å². The van der Waals surface area contributed by atoms with Crippen LogP contribution in [0.3, 0.4) is 0 Å². The van der Waals surface area contributed by atoms with Gasteiger partial charge in [-0.3, -0.25) is 4.68 Å². The SMILES string of the molecule is CC(C)CCN(C1CC1)S(=O)(=O)c1cnn(CCCN)c1. The highest BCUT2D eigenvalue weighted by Crippen LogP contribution is 2.32. The van der Waals surface area contributed by atoms with Crippen molar-refractivity contribution in [1.82, 2.24) is 14.1 Å². The van der Waals surface area contributed by atoms with Gasteiger partial charge >= 0.3 is 0 Å². The third-order valence-electron chi connectivity index (χ3n) is 3.69. The number of nitrogens with two attached hydrogens (primary N) is 1. The summed E-state index contributed by atoms with van der Waals surface area (Å²) in [5, 5.41) is 4.13. The number of aromatic nitrogens is 2. The standard InChI is InChI=1S/C14H26N4O2S/c1-12(2)6-9-18(13-4-5-13)21(19,20)14-10-16-17(11-14)8-3-7-15/h10-13H,3-9,15H2,1-2H3. The fourth-order valence-corrected chi connectivity index (χ4v) is 3.89. The molecule has 2 rings (SSSR count). The molecule has 0 atom stereocenters. The van der Waals surface area contributed by atoms with Gasteiger partial charge in [-0.05, 0) is 38.1 Å². The zero-order valence-electron chi connectivity index (χ0n) is 12.9. The summed E-state index contributed by atoms with van der Waals surface area (Å²) in [5.41, 5.74) is 5.47. The maximum absolute atomic E-state index is 12.8. The highest BCUT2D eigenvalue weighted by atomic mass is 32.2. The summed E-state index contributed by atoms with van der Waals surface area (Å²) in [5.74, 6) is 0.494. The summed E-state index contributed by atoms with van der Waals surface area (Å²) < 4.78 is 28.8. The summed E-state index contributed by atoms with van der Waals surface area (Å²) in [4.78, 5) is 0.301. The van der Waals surface area contributed by atoms with Gasteiger partial charge in [0, 0.05) is 25.3 Å². The van der Waals surface area contributed by atoms with Gasteiger partial charge < -0.3 is 5.73 Å². The number of aryl methyl sites for hydroxylation is 1. The van der Waals surface area contributed by atoms with Gasteiger partial charge in [-0.1, -0.05) is 13.8 Å². The first kappa shape index (κ1) is 16.5. The number of sulfonamides is 1. The minimum absolute atomic E-state index is 0.182. The number of hydrogen-bond acceptors (Lipinski definition) is 4. The van der Waals surface area contributed by atoms with Gasteiger partial charge in [0.05, 0.1) is 6.20 Å². The first-order valence-electron chi connectivity index (χ1n) is 7.69. The lowest BCUT2D eigenvalue weighted by atomic mass is 10.1. The van der Waals surface area contributed by atoms with Crippen molar-refractivity contribution in [1.29, 1.82) is 0 Å². The van der Waals surface area contributed by atoms with E-state index in [4.69, 9.17) is 5.73 Å². The minimum atomic E-state index is -3.42. The molecule has 0 unspecified atom stereocenters. The first-order valence-corrected chi connectivity index (χ1v) is 9.13. The van der Waals surface area contributed by atoms with E-state index in [0.29, 0.717) is 30.4 Å².